The summed E-state index contributed by atoms with van der Waals surface area (Å²) < 4.78 is 20.5. The van der Waals surface area contributed by atoms with Gasteiger partial charge < -0.3 is 24.1 Å². The molecule has 0 bridgehead atoms. The molecule has 1 N–H and O–H groups in total. The second-order valence-corrected chi connectivity index (χ2v) is 3.62. The second-order valence-electron chi connectivity index (χ2n) is 2.83. The summed E-state index contributed by atoms with van der Waals surface area (Å²) in [4.78, 5) is 0. The highest BCUT2D eigenvalue weighted by molar-refractivity contribution is 9.10. The number of aromatic hydroxyl groups is 1. The summed E-state index contributed by atoms with van der Waals surface area (Å²) in [6.07, 6.45) is 0. The number of benzene rings is 1. The molecule has 1 aromatic carbocycles. The standard InChI is InChI=1S/C10H13BrO5/c1-13-5-15-8-4-3-7(12)10(9(8)11)16-6-14-2/h3-4,12H,5-6H2,1-2H3. The number of halogens is 1. The number of methoxy groups -OCH3 is 2. The van der Waals surface area contributed by atoms with E-state index in [0.717, 1.165) is 0 Å². The van der Waals surface area contributed by atoms with Crippen molar-refractivity contribution in [3.63, 3.8) is 0 Å². The van der Waals surface area contributed by atoms with Gasteiger partial charge in [0.25, 0.3) is 0 Å². The van der Waals surface area contributed by atoms with Crippen molar-refractivity contribution in [3.05, 3.63) is 16.6 Å². The molecule has 0 amide bonds. The number of hydrogen-bond acceptors (Lipinski definition) is 5. The van der Waals surface area contributed by atoms with Crippen LogP contribution in [0, 0.1) is 0 Å². The van der Waals surface area contributed by atoms with E-state index in [9.17, 15) is 5.11 Å². The van der Waals surface area contributed by atoms with Crippen molar-refractivity contribution in [3.8, 4) is 17.2 Å². The topological polar surface area (TPSA) is 57.2 Å². The predicted octanol–water partition coefficient (Wildman–Crippen LogP) is 2.12. The molecular weight excluding hydrogens is 280 g/mol. The highest BCUT2D eigenvalue weighted by Crippen LogP contribution is 2.41. The van der Waals surface area contributed by atoms with Gasteiger partial charge in [-0.15, -0.1) is 0 Å². The summed E-state index contributed by atoms with van der Waals surface area (Å²) in [7, 11) is 3.02. The lowest BCUT2D eigenvalue weighted by molar-refractivity contribution is 0.0436. The first-order valence-electron chi connectivity index (χ1n) is 4.45. The Morgan fingerprint density at radius 1 is 1.12 bits per heavy atom. The summed E-state index contributed by atoms with van der Waals surface area (Å²) in [5, 5.41) is 9.57. The first-order valence-corrected chi connectivity index (χ1v) is 5.25. The Kier molecular flexibility index (Phi) is 5.37. The molecule has 0 fully saturated rings. The van der Waals surface area contributed by atoms with Crippen LogP contribution < -0.4 is 9.47 Å². The van der Waals surface area contributed by atoms with Gasteiger partial charge in [0.05, 0.1) is 0 Å². The van der Waals surface area contributed by atoms with E-state index in [2.05, 4.69) is 15.9 Å². The van der Waals surface area contributed by atoms with Crippen molar-refractivity contribution in [2.24, 2.45) is 0 Å². The molecule has 6 heteroatoms. The van der Waals surface area contributed by atoms with Crippen LogP contribution in [0.1, 0.15) is 0 Å². The third-order valence-electron chi connectivity index (χ3n) is 1.69. The van der Waals surface area contributed by atoms with Crippen molar-refractivity contribution < 1.29 is 24.1 Å². The summed E-state index contributed by atoms with van der Waals surface area (Å²) in [5.74, 6) is 0.801. The fourth-order valence-electron chi connectivity index (χ4n) is 1.02. The van der Waals surface area contributed by atoms with E-state index in [4.69, 9.17) is 18.9 Å². The van der Waals surface area contributed by atoms with Crippen LogP contribution in [0.15, 0.2) is 16.6 Å². The van der Waals surface area contributed by atoms with E-state index >= 15 is 0 Å². The lowest BCUT2D eigenvalue weighted by Gasteiger charge is -2.12. The van der Waals surface area contributed by atoms with Crippen LogP contribution in [0.4, 0.5) is 0 Å². The molecule has 0 radical (unpaired) electrons. The summed E-state index contributed by atoms with van der Waals surface area (Å²) in [6.45, 7) is 0.160. The van der Waals surface area contributed by atoms with Crippen molar-refractivity contribution in [2.45, 2.75) is 0 Å². The molecule has 0 unspecified atom stereocenters. The molecule has 16 heavy (non-hydrogen) atoms. The average Bonchev–Trinajstić information content (AvgIpc) is 2.28. The van der Waals surface area contributed by atoms with E-state index in [1.165, 1.54) is 20.3 Å². The third-order valence-corrected chi connectivity index (χ3v) is 2.45. The average molecular weight is 293 g/mol. The van der Waals surface area contributed by atoms with Gasteiger partial charge in [0.2, 0.25) is 0 Å². The SMILES string of the molecule is COCOc1ccc(O)c(OCOC)c1Br. The molecule has 0 aliphatic heterocycles. The monoisotopic (exact) mass is 292 g/mol. The molecule has 1 aromatic rings. The Hall–Kier alpha value is -0.980. The van der Waals surface area contributed by atoms with Crippen molar-refractivity contribution in [1.82, 2.24) is 0 Å². The van der Waals surface area contributed by atoms with Crippen LogP contribution in [0.2, 0.25) is 0 Å². The number of ether oxygens (including phenoxy) is 4. The Labute approximate surface area is 102 Å². The first-order chi connectivity index (χ1) is 7.70. The van der Waals surface area contributed by atoms with Crippen LogP contribution >= 0.6 is 15.9 Å². The maximum atomic E-state index is 9.57. The zero-order valence-electron chi connectivity index (χ0n) is 9.03. The Morgan fingerprint density at radius 2 is 1.75 bits per heavy atom. The van der Waals surface area contributed by atoms with Gasteiger partial charge in [-0.2, -0.15) is 0 Å². The van der Waals surface area contributed by atoms with Gasteiger partial charge in [-0.1, -0.05) is 0 Å². The zero-order valence-corrected chi connectivity index (χ0v) is 10.6. The van der Waals surface area contributed by atoms with E-state index in [-0.39, 0.29) is 25.1 Å². The molecule has 0 heterocycles. The highest BCUT2D eigenvalue weighted by Gasteiger charge is 2.13. The Bertz CT molecular complexity index is 342. The molecule has 1 rings (SSSR count). The molecule has 0 spiro atoms. The van der Waals surface area contributed by atoms with E-state index in [1.54, 1.807) is 6.07 Å². The molecule has 0 saturated heterocycles. The fourth-order valence-corrected chi connectivity index (χ4v) is 1.58. The largest absolute Gasteiger partial charge is 0.504 e. The first kappa shape index (κ1) is 13.1. The lowest BCUT2D eigenvalue weighted by atomic mass is 10.3. The van der Waals surface area contributed by atoms with Gasteiger partial charge in [-0.25, -0.2) is 0 Å². The summed E-state index contributed by atoms with van der Waals surface area (Å²) >= 11 is 3.27. The number of phenolic OH excluding ortho intramolecular Hbond substituents is 1. The van der Waals surface area contributed by atoms with Gasteiger partial charge in [-0.3, -0.25) is 0 Å². The molecule has 0 atom stereocenters. The van der Waals surface area contributed by atoms with Crippen LogP contribution in [0.5, 0.6) is 17.2 Å². The maximum absolute atomic E-state index is 9.57. The molecular formula is C10H13BrO5. The molecule has 0 saturated carbocycles. The van der Waals surface area contributed by atoms with E-state index in [1.807, 2.05) is 0 Å². The van der Waals surface area contributed by atoms with Crippen molar-refractivity contribution in [2.75, 3.05) is 27.8 Å². The summed E-state index contributed by atoms with van der Waals surface area (Å²) in [6, 6.07) is 3.08. The summed E-state index contributed by atoms with van der Waals surface area (Å²) in [5.41, 5.74) is 0. The Balaban J connectivity index is 2.87. The fraction of sp³-hybridized carbons (Fsp3) is 0.400. The number of rotatable bonds is 6. The highest BCUT2D eigenvalue weighted by atomic mass is 79.9. The smallest absolute Gasteiger partial charge is 0.188 e. The Morgan fingerprint density at radius 3 is 2.38 bits per heavy atom. The van der Waals surface area contributed by atoms with Gasteiger partial charge in [0.15, 0.2) is 25.1 Å². The minimum atomic E-state index is 0.00805. The van der Waals surface area contributed by atoms with Crippen molar-refractivity contribution in [1.29, 1.82) is 0 Å². The van der Waals surface area contributed by atoms with Gasteiger partial charge in [0.1, 0.15) is 10.2 Å². The zero-order chi connectivity index (χ0) is 12.0. The predicted molar refractivity (Wildman–Crippen MR) is 60.8 cm³/mol. The third kappa shape index (κ3) is 3.26. The molecule has 0 aliphatic rings. The molecule has 90 valence electrons. The maximum Gasteiger partial charge on any atom is 0.188 e. The van der Waals surface area contributed by atoms with Crippen LogP contribution in [-0.4, -0.2) is 32.9 Å². The second kappa shape index (κ2) is 6.57. The van der Waals surface area contributed by atoms with Crippen LogP contribution in [0.25, 0.3) is 0 Å². The molecule has 0 aromatic heterocycles. The van der Waals surface area contributed by atoms with Crippen LogP contribution in [-0.2, 0) is 9.47 Å². The molecule has 0 aliphatic carbocycles. The minimum absolute atomic E-state index is 0.00805. The quantitative estimate of drug-likeness (QED) is 0.814. The van der Waals surface area contributed by atoms with Gasteiger partial charge in [-0.05, 0) is 28.1 Å². The van der Waals surface area contributed by atoms with Crippen LogP contribution in [0.3, 0.4) is 0 Å². The molecule has 5 nitrogen and oxygen atoms in total. The van der Waals surface area contributed by atoms with Gasteiger partial charge >= 0.3 is 0 Å². The normalized spacial score (nSPS) is 10.2. The lowest BCUT2D eigenvalue weighted by Crippen LogP contribution is -2.03. The van der Waals surface area contributed by atoms with E-state index < -0.39 is 0 Å². The van der Waals surface area contributed by atoms with E-state index in [0.29, 0.717) is 10.2 Å². The van der Waals surface area contributed by atoms with Gasteiger partial charge in [0, 0.05) is 14.2 Å². The van der Waals surface area contributed by atoms with Crippen molar-refractivity contribution >= 4 is 15.9 Å². The number of phenols is 1. The number of hydrogen-bond donors (Lipinski definition) is 1. The minimum Gasteiger partial charge on any atom is -0.504 e.